The van der Waals surface area contributed by atoms with E-state index in [4.69, 9.17) is 9.84 Å². The normalized spacial score (nSPS) is 23.7. The number of aliphatic carboxylic acids is 1. The summed E-state index contributed by atoms with van der Waals surface area (Å²) in [6.45, 7) is 1.82. The standard InChI is InChI=1S/C12H15BrN2O3/c1-7-11(14-6-10(13)15-7)18-9-4-2-3-8(5-9)12(16)17/h6,8-9H,2-5H2,1H3,(H,16,17)/t8-,9-/m0/s1. The number of ether oxygens (including phenoxy) is 1. The maximum atomic E-state index is 11.0. The molecule has 18 heavy (non-hydrogen) atoms. The molecule has 5 nitrogen and oxygen atoms in total. The molecule has 1 heterocycles. The Balaban J connectivity index is 2.02. The Morgan fingerprint density at radius 3 is 3.00 bits per heavy atom. The van der Waals surface area contributed by atoms with Gasteiger partial charge in [-0.3, -0.25) is 4.79 Å². The summed E-state index contributed by atoms with van der Waals surface area (Å²) in [5.41, 5.74) is 0.710. The van der Waals surface area contributed by atoms with E-state index in [1.165, 1.54) is 0 Å². The predicted octanol–water partition coefficient (Wildman–Crippen LogP) is 2.57. The van der Waals surface area contributed by atoms with Crippen LogP contribution < -0.4 is 4.74 Å². The van der Waals surface area contributed by atoms with Crippen molar-refractivity contribution in [1.82, 2.24) is 9.97 Å². The first-order valence-electron chi connectivity index (χ1n) is 5.95. The number of nitrogens with zero attached hydrogens (tertiary/aromatic N) is 2. The number of carbonyl (C=O) groups is 1. The first kappa shape index (κ1) is 13.3. The van der Waals surface area contributed by atoms with E-state index in [2.05, 4.69) is 25.9 Å². The summed E-state index contributed by atoms with van der Waals surface area (Å²) in [5, 5.41) is 9.02. The van der Waals surface area contributed by atoms with Gasteiger partial charge in [-0.25, -0.2) is 9.97 Å². The van der Waals surface area contributed by atoms with Gasteiger partial charge in [0.15, 0.2) is 0 Å². The van der Waals surface area contributed by atoms with Crippen molar-refractivity contribution in [3.63, 3.8) is 0 Å². The second kappa shape index (κ2) is 5.65. The molecule has 0 unspecified atom stereocenters. The van der Waals surface area contributed by atoms with Crippen molar-refractivity contribution >= 4 is 21.9 Å². The van der Waals surface area contributed by atoms with E-state index in [0.29, 0.717) is 22.6 Å². The lowest BCUT2D eigenvalue weighted by molar-refractivity contribution is -0.143. The van der Waals surface area contributed by atoms with Gasteiger partial charge in [0.1, 0.15) is 16.4 Å². The zero-order chi connectivity index (χ0) is 13.1. The van der Waals surface area contributed by atoms with Crippen molar-refractivity contribution in [2.24, 2.45) is 5.92 Å². The third-order valence-corrected chi connectivity index (χ3v) is 3.51. The largest absolute Gasteiger partial charge is 0.481 e. The minimum atomic E-state index is -0.734. The summed E-state index contributed by atoms with van der Waals surface area (Å²) in [7, 11) is 0. The third-order valence-electron chi connectivity index (χ3n) is 3.13. The molecular weight excluding hydrogens is 300 g/mol. The van der Waals surface area contributed by atoms with Gasteiger partial charge in [0.05, 0.1) is 12.1 Å². The monoisotopic (exact) mass is 314 g/mol. The first-order valence-corrected chi connectivity index (χ1v) is 6.74. The van der Waals surface area contributed by atoms with Gasteiger partial charge in [-0.2, -0.15) is 0 Å². The summed E-state index contributed by atoms with van der Waals surface area (Å²) in [4.78, 5) is 19.3. The molecule has 1 fully saturated rings. The van der Waals surface area contributed by atoms with Crippen LogP contribution in [-0.4, -0.2) is 27.1 Å². The Kier molecular flexibility index (Phi) is 4.16. The van der Waals surface area contributed by atoms with Crippen LogP contribution >= 0.6 is 15.9 Å². The Bertz CT molecular complexity index is 453. The zero-order valence-corrected chi connectivity index (χ0v) is 11.7. The van der Waals surface area contributed by atoms with E-state index < -0.39 is 5.97 Å². The molecule has 2 atom stereocenters. The van der Waals surface area contributed by atoms with E-state index >= 15 is 0 Å². The molecular formula is C12H15BrN2O3. The zero-order valence-electron chi connectivity index (χ0n) is 10.1. The van der Waals surface area contributed by atoms with E-state index in [9.17, 15) is 4.79 Å². The second-order valence-electron chi connectivity index (χ2n) is 4.52. The third kappa shape index (κ3) is 3.19. The highest BCUT2D eigenvalue weighted by Gasteiger charge is 2.28. The Morgan fingerprint density at radius 1 is 1.56 bits per heavy atom. The van der Waals surface area contributed by atoms with Gasteiger partial charge in [-0.1, -0.05) is 0 Å². The lowest BCUT2D eigenvalue weighted by Crippen LogP contribution is -2.30. The molecule has 0 amide bonds. The van der Waals surface area contributed by atoms with Crippen LogP contribution in [-0.2, 0) is 4.79 Å². The van der Waals surface area contributed by atoms with Gasteiger partial charge in [0.2, 0.25) is 5.88 Å². The molecule has 0 bridgehead atoms. The fourth-order valence-electron chi connectivity index (χ4n) is 2.19. The van der Waals surface area contributed by atoms with Crippen LogP contribution in [0, 0.1) is 12.8 Å². The molecule has 6 heteroatoms. The van der Waals surface area contributed by atoms with Crippen LogP contribution in [0.2, 0.25) is 0 Å². The summed E-state index contributed by atoms with van der Waals surface area (Å²) in [6.07, 6.45) is 4.55. The highest BCUT2D eigenvalue weighted by molar-refractivity contribution is 9.10. The number of rotatable bonds is 3. The van der Waals surface area contributed by atoms with Gasteiger partial charge in [0.25, 0.3) is 0 Å². The quantitative estimate of drug-likeness (QED) is 0.928. The molecule has 1 N–H and O–H groups in total. The van der Waals surface area contributed by atoms with Crippen LogP contribution in [0.15, 0.2) is 10.8 Å². The van der Waals surface area contributed by atoms with Gasteiger partial charge in [-0.15, -0.1) is 0 Å². The van der Waals surface area contributed by atoms with Crippen molar-refractivity contribution in [2.75, 3.05) is 0 Å². The van der Waals surface area contributed by atoms with Crippen LogP contribution in [0.4, 0.5) is 0 Å². The summed E-state index contributed by atoms with van der Waals surface area (Å²) in [6, 6.07) is 0. The fourth-order valence-corrected chi connectivity index (χ4v) is 2.56. The molecule has 0 aliphatic heterocycles. The molecule has 98 valence electrons. The maximum absolute atomic E-state index is 11.0. The molecule has 2 rings (SSSR count). The summed E-state index contributed by atoms with van der Waals surface area (Å²) in [5.74, 6) is -0.538. The van der Waals surface area contributed by atoms with Crippen molar-refractivity contribution in [3.05, 3.63) is 16.5 Å². The van der Waals surface area contributed by atoms with Crippen LogP contribution in [0.25, 0.3) is 0 Å². The molecule has 0 aromatic carbocycles. The van der Waals surface area contributed by atoms with Crippen molar-refractivity contribution < 1.29 is 14.6 Å². The summed E-state index contributed by atoms with van der Waals surface area (Å²) < 4.78 is 6.43. The summed E-state index contributed by atoms with van der Waals surface area (Å²) >= 11 is 3.24. The molecule has 1 aliphatic carbocycles. The molecule has 1 aromatic rings. The van der Waals surface area contributed by atoms with Crippen LogP contribution in [0.3, 0.4) is 0 Å². The highest BCUT2D eigenvalue weighted by Crippen LogP contribution is 2.28. The number of aromatic nitrogens is 2. The number of halogens is 1. The Hall–Kier alpha value is -1.17. The second-order valence-corrected chi connectivity index (χ2v) is 5.34. The Morgan fingerprint density at radius 2 is 2.33 bits per heavy atom. The number of carboxylic acids is 1. The van der Waals surface area contributed by atoms with Crippen molar-refractivity contribution in [3.8, 4) is 5.88 Å². The van der Waals surface area contributed by atoms with E-state index in [-0.39, 0.29) is 12.0 Å². The average Bonchev–Trinajstić information content (AvgIpc) is 2.33. The number of carboxylic acid groups (broad SMARTS) is 1. The minimum Gasteiger partial charge on any atom is -0.481 e. The number of hydrogen-bond acceptors (Lipinski definition) is 4. The van der Waals surface area contributed by atoms with Crippen molar-refractivity contribution in [2.45, 2.75) is 38.7 Å². The smallest absolute Gasteiger partial charge is 0.306 e. The van der Waals surface area contributed by atoms with E-state index in [1.807, 2.05) is 6.92 Å². The molecule has 1 aromatic heterocycles. The highest BCUT2D eigenvalue weighted by atomic mass is 79.9. The SMILES string of the molecule is Cc1nc(Br)cnc1O[C@H]1CCC[C@H](C(=O)O)C1. The molecule has 0 spiro atoms. The number of hydrogen-bond donors (Lipinski definition) is 1. The number of aryl methyl sites for hydroxylation is 1. The topological polar surface area (TPSA) is 72.3 Å². The minimum absolute atomic E-state index is 0.0750. The predicted molar refractivity (Wildman–Crippen MR) is 68.5 cm³/mol. The first-order chi connectivity index (χ1) is 8.56. The molecule has 1 aliphatic rings. The fraction of sp³-hybridized carbons (Fsp3) is 0.583. The van der Waals surface area contributed by atoms with E-state index in [1.54, 1.807) is 6.20 Å². The lowest BCUT2D eigenvalue weighted by Gasteiger charge is -2.27. The maximum Gasteiger partial charge on any atom is 0.306 e. The van der Waals surface area contributed by atoms with Crippen molar-refractivity contribution in [1.29, 1.82) is 0 Å². The van der Waals surface area contributed by atoms with Gasteiger partial charge in [-0.05, 0) is 48.5 Å². The van der Waals surface area contributed by atoms with Crippen LogP contribution in [0.1, 0.15) is 31.4 Å². The molecule has 0 saturated heterocycles. The lowest BCUT2D eigenvalue weighted by atomic mass is 9.87. The van der Waals surface area contributed by atoms with E-state index in [0.717, 1.165) is 19.3 Å². The van der Waals surface area contributed by atoms with Gasteiger partial charge >= 0.3 is 5.97 Å². The Labute approximate surface area is 114 Å². The van der Waals surface area contributed by atoms with Gasteiger partial charge in [0, 0.05) is 0 Å². The average molecular weight is 315 g/mol. The molecule has 0 radical (unpaired) electrons. The van der Waals surface area contributed by atoms with Crippen LogP contribution in [0.5, 0.6) is 5.88 Å². The van der Waals surface area contributed by atoms with Gasteiger partial charge < -0.3 is 9.84 Å². The molecule has 1 saturated carbocycles.